The monoisotopic (exact) mass is 228 g/mol. The van der Waals surface area contributed by atoms with Crippen LogP contribution in [0.1, 0.15) is 17.1 Å². The molecule has 0 aliphatic carbocycles. The molecule has 0 amide bonds. The predicted molar refractivity (Wildman–Crippen MR) is 64.0 cm³/mol. The molecule has 2 nitrogen and oxygen atoms in total. The van der Waals surface area contributed by atoms with Crippen molar-refractivity contribution in [1.82, 2.24) is 4.98 Å². The molecule has 2 heterocycles. The first-order valence-electron chi connectivity index (χ1n) is 5.09. The average molecular weight is 228 g/mol. The average Bonchev–Trinajstić information content (AvgIpc) is 2.79. The van der Waals surface area contributed by atoms with Crippen LogP contribution >= 0.6 is 23.1 Å². The van der Waals surface area contributed by atoms with Crippen LogP contribution in [0.4, 0.5) is 0 Å². The molecule has 0 bridgehead atoms. The normalized spacial score (nSPS) is 21.6. The molecule has 0 spiro atoms. The van der Waals surface area contributed by atoms with Crippen molar-refractivity contribution in [3.05, 3.63) is 16.1 Å². The molecular formula is C10H16N2S2. The van der Waals surface area contributed by atoms with Crippen LogP contribution in [0.15, 0.2) is 5.38 Å². The van der Waals surface area contributed by atoms with Gasteiger partial charge in [-0.2, -0.15) is 11.8 Å². The molecule has 1 fully saturated rings. The van der Waals surface area contributed by atoms with Gasteiger partial charge in [0.15, 0.2) is 0 Å². The summed E-state index contributed by atoms with van der Waals surface area (Å²) in [6.07, 6.45) is 3.48. The van der Waals surface area contributed by atoms with Gasteiger partial charge in [-0.3, -0.25) is 0 Å². The highest BCUT2D eigenvalue weighted by Crippen LogP contribution is 2.27. The molecule has 1 aromatic heterocycles. The van der Waals surface area contributed by atoms with Gasteiger partial charge < -0.3 is 5.73 Å². The van der Waals surface area contributed by atoms with Crippen LogP contribution in [0.2, 0.25) is 0 Å². The highest BCUT2D eigenvalue weighted by atomic mass is 32.2. The Bertz CT molecular complexity index is 279. The lowest BCUT2D eigenvalue weighted by molar-refractivity contribution is 0.593. The third-order valence-electron chi connectivity index (χ3n) is 2.49. The van der Waals surface area contributed by atoms with Crippen molar-refractivity contribution in [1.29, 1.82) is 0 Å². The minimum atomic E-state index is 0.711. The maximum absolute atomic E-state index is 5.49. The zero-order chi connectivity index (χ0) is 9.80. The number of thiazole rings is 1. The van der Waals surface area contributed by atoms with E-state index >= 15 is 0 Å². The number of hydrogen-bond donors (Lipinski definition) is 1. The van der Waals surface area contributed by atoms with Crippen molar-refractivity contribution >= 4 is 23.1 Å². The van der Waals surface area contributed by atoms with Crippen LogP contribution in [-0.4, -0.2) is 23.0 Å². The van der Waals surface area contributed by atoms with Crippen molar-refractivity contribution in [2.24, 2.45) is 11.7 Å². The molecule has 14 heavy (non-hydrogen) atoms. The Balaban J connectivity index is 1.88. The fourth-order valence-electron chi connectivity index (χ4n) is 1.70. The van der Waals surface area contributed by atoms with Gasteiger partial charge in [0.2, 0.25) is 0 Å². The predicted octanol–water partition coefficient (Wildman–Crippen LogP) is 1.94. The lowest BCUT2D eigenvalue weighted by Crippen LogP contribution is -2.04. The second kappa shape index (κ2) is 5.14. The summed E-state index contributed by atoms with van der Waals surface area (Å²) in [5, 5.41) is 3.46. The number of rotatable bonds is 4. The van der Waals surface area contributed by atoms with Gasteiger partial charge in [0, 0.05) is 18.2 Å². The largest absolute Gasteiger partial charge is 0.330 e. The van der Waals surface area contributed by atoms with E-state index in [4.69, 9.17) is 5.73 Å². The van der Waals surface area contributed by atoms with Gasteiger partial charge in [-0.1, -0.05) is 0 Å². The molecule has 4 heteroatoms. The van der Waals surface area contributed by atoms with E-state index in [1.165, 1.54) is 35.0 Å². The Morgan fingerprint density at radius 3 is 3.21 bits per heavy atom. The van der Waals surface area contributed by atoms with E-state index in [0.29, 0.717) is 6.54 Å². The molecule has 0 saturated carbocycles. The molecular weight excluding hydrogens is 212 g/mol. The van der Waals surface area contributed by atoms with Crippen molar-refractivity contribution < 1.29 is 0 Å². The topological polar surface area (TPSA) is 38.9 Å². The van der Waals surface area contributed by atoms with E-state index in [2.05, 4.69) is 22.1 Å². The summed E-state index contributed by atoms with van der Waals surface area (Å²) in [4.78, 5) is 4.59. The summed E-state index contributed by atoms with van der Waals surface area (Å²) in [5.74, 6) is 3.54. The van der Waals surface area contributed by atoms with E-state index in [1.807, 2.05) is 0 Å². The molecule has 1 atom stereocenters. The highest BCUT2D eigenvalue weighted by Gasteiger charge is 2.17. The summed E-state index contributed by atoms with van der Waals surface area (Å²) in [5.41, 5.74) is 6.67. The second-order valence-electron chi connectivity index (χ2n) is 3.70. The van der Waals surface area contributed by atoms with Crippen molar-refractivity contribution in [2.45, 2.75) is 19.3 Å². The minimum absolute atomic E-state index is 0.711. The third-order valence-corrected chi connectivity index (χ3v) is 4.64. The third kappa shape index (κ3) is 2.72. The second-order valence-corrected chi connectivity index (χ2v) is 5.80. The van der Waals surface area contributed by atoms with Crippen molar-refractivity contribution in [3.8, 4) is 0 Å². The van der Waals surface area contributed by atoms with Gasteiger partial charge in [-0.25, -0.2) is 4.98 Å². The fraction of sp³-hybridized carbons (Fsp3) is 0.700. The number of hydrogen-bond acceptors (Lipinski definition) is 4. The molecule has 1 aliphatic rings. The first kappa shape index (κ1) is 10.5. The molecule has 0 radical (unpaired) electrons. The van der Waals surface area contributed by atoms with E-state index in [-0.39, 0.29) is 0 Å². The van der Waals surface area contributed by atoms with Crippen LogP contribution < -0.4 is 5.73 Å². The molecule has 1 aliphatic heterocycles. The van der Waals surface area contributed by atoms with Crippen LogP contribution in [-0.2, 0) is 12.8 Å². The van der Waals surface area contributed by atoms with Crippen molar-refractivity contribution in [3.63, 3.8) is 0 Å². The number of thioether (sulfide) groups is 1. The first-order chi connectivity index (χ1) is 6.88. The zero-order valence-electron chi connectivity index (χ0n) is 8.24. The molecule has 78 valence electrons. The summed E-state index contributed by atoms with van der Waals surface area (Å²) in [6, 6.07) is 0. The Morgan fingerprint density at radius 1 is 1.57 bits per heavy atom. The molecule has 2 N–H and O–H groups in total. The van der Waals surface area contributed by atoms with E-state index in [1.54, 1.807) is 11.3 Å². The van der Waals surface area contributed by atoms with Gasteiger partial charge in [-0.15, -0.1) is 11.3 Å². The maximum Gasteiger partial charge on any atom is 0.0931 e. The number of nitrogens with two attached hydrogens (primary N) is 1. The minimum Gasteiger partial charge on any atom is -0.330 e. The summed E-state index contributed by atoms with van der Waals surface area (Å²) < 4.78 is 0. The van der Waals surface area contributed by atoms with Crippen LogP contribution in [0, 0.1) is 5.92 Å². The Kier molecular flexibility index (Phi) is 3.84. The SMILES string of the molecule is NCCc1csc(CC2CCSC2)n1. The maximum atomic E-state index is 5.49. The van der Waals surface area contributed by atoms with E-state index < -0.39 is 0 Å². The lowest BCUT2D eigenvalue weighted by atomic mass is 10.1. The van der Waals surface area contributed by atoms with Crippen LogP contribution in [0.3, 0.4) is 0 Å². The fourth-order valence-corrected chi connectivity index (χ4v) is 3.93. The van der Waals surface area contributed by atoms with Gasteiger partial charge in [0.1, 0.15) is 0 Å². The van der Waals surface area contributed by atoms with Gasteiger partial charge in [0.25, 0.3) is 0 Å². The van der Waals surface area contributed by atoms with Gasteiger partial charge in [-0.05, 0) is 30.4 Å². The van der Waals surface area contributed by atoms with Crippen LogP contribution in [0.5, 0.6) is 0 Å². The van der Waals surface area contributed by atoms with Crippen LogP contribution in [0.25, 0.3) is 0 Å². The first-order valence-corrected chi connectivity index (χ1v) is 7.13. The summed E-state index contributed by atoms with van der Waals surface area (Å²) >= 11 is 3.88. The lowest BCUT2D eigenvalue weighted by Gasteiger charge is -2.03. The van der Waals surface area contributed by atoms with E-state index in [0.717, 1.165) is 12.3 Å². The molecule has 1 unspecified atom stereocenters. The Hall–Kier alpha value is -0.0600. The van der Waals surface area contributed by atoms with E-state index in [9.17, 15) is 0 Å². The highest BCUT2D eigenvalue weighted by molar-refractivity contribution is 7.99. The quantitative estimate of drug-likeness (QED) is 0.856. The summed E-state index contributed by atoms with van der Waals surface area (Å²) in [6.45, 7) is 0.711. The van der Waals surface area contributed by atoms with Gasteiger partial charge in [0.05, 0.1) is 10.7 Å². The molecule has 0 aromatic carbocycles. The molecule has 1 saturated heterocycles. The standard InChI is InChI=1S/C10H16N2S2/c11-3-1-9-7-14-10(12-9)5-8-2-4-13-6-8/h7-8H,1-6,11H2. The number of nitrogens with zero attached hydrogens (tertiary/aromatic N) is 1. The van der Waals surface area contributed by atoms with Crippen molar-refractivity contribution in [2.75, 3.05) is 18.1 Å². The summed E-state index contributed by atoms with van der Waals surface area (Å²) in [7, 11) is 0. The zero-order valence-corrected chi connectivity index (χ0v) is 9.87. The number of aromatic nitrogens is 1. The Labute approximate surface area is 93.3 Å². The molecule has 1 aromatic rings. The Morgan fingerprint density at radius 2 is 2.50 bits per heavy atom. The van der Waals surface area contributed by atoms with Gasteiger partial charge >= 0.3 is 0 Å². The smallest absolute Gasteiger partial charge is 0.0931 e. The molecule has 2 rings (SSSR count).